The minimum Gasteiger partial charge on any atom is -0.378 e. The van der Waals surface area contributed by atoms with Gasteiger partial charge in [0.05, 0.1) is 30.7 Å². The minimum atomic E-state index is -0.907. The number of fused-ring (bicyclic) bond motifs is 2. The normalized spacial score (nSPS) is 19.3. The number of ether oxygens (including phenoxy) is 1. The van der Waals surface area contributed by atoms with E-state index in [1.807, 2.05) is 22.8 Å². The monoisotopic (exact) mass is 498 g/mol. The van der Waals surface area contributed by atoms with Gasteiger partial charge in [-0.3, -0.25) is 4.90 Å². The van der Waals surface area contributed by atoms with Crippen LogP contribution in [0, 0.1) is 0 Å². The number of morpholine rings is 1. The Bertz CT molecular complexity index is 1340. The molecule has 1 atom stereocenters. The van der Waals surface area contributed by atoms with Crippen LogP contribution in [0.15, 0.2) is 24.5 Å². The minimum absolute atomic E-state index is 0.666. The summed E-state index contributed by atoms with van der Waals surface area (Å²) >= 11 is 1.63. The number of rotatable bonds is 5. The number of nitrogens with zero attached hydrogens (tertiary/aromatic N) is 7. The van der Waals surface area contributed by atoms with Crippen LogP contribution in [0.4, 0.5) is 5.82 Å². The van der Waals surface area contributed by atoms with E-state index in [1.165, 1.54) is 0 Å². The van der Waals surface area contributed by atoms with Gasteiger partial charge in [-0.2, -0.15) is 0 Å². The number of nitrogens with one attached hydrogen (secondary N) is 1. The average Bonchev–Trinajstić information content (AvgIpc) is 3.50. The number of anilines is 1. The summed E-state index contributed by atoms with van der Waals surface area (Å²) in [5.41, 5.74) is 2.60. The van der Waals surface area contributed by atoms with Gasteiger partial charge in [0.2, 0.25) is 0 Å². The van der Waals surface area contributed by atoms with Crippen LogP contribution < -0.4 is 4.90 Å². The maximum atomic E-state index is 11.7. The fourth-order valence-electron chi connectivity index (χ4n) is 4.44. The first-order valence-electron chi connectivity index (χ1n) is 11.4. The molecule has 2 fully saturated rings. The molecule has 0 radical (unpaired) electrons. The Morgan fingerprint density at radius 1 is 1.12 bits per heavy atom. The van der Waals surface area contributed by atoms with Gasteiger partial charge < -0.3 is 14.6 Å². The second-order valence-corrected chi connectivity index (χ2v) is 10.9. The number of aromatic nitrogens is 5. The molecule has 10 nitrogen and oxygen atoms in total. The number of H-pyrrole nitrogens is 1. The van der Waals surface area contributed by atoms with Gasteiger partial charge in [-0.05, 0) is 12.1 Å². The Kier molecular flexibility index (Phi) is 5.99. The molecular formula is C22H26N8O2S2. The molecule has 0 aromatic carbocycles. The van der Waals surface area contributed by atoms with Gasteiger partial charge in [0.1, 0.15) is 21.0 Å². The number of aromatic amines is 1. The average molecular weight is 499 g/mol. The maximum Gasteiger partial charge on any atom is 0.164 e. The van der Waals surface area contributed by atoms with Gasteiger partial charge in [-0.25, -0.2) is 28.5 Å². The Hall–Kier alpha value is -2.51. The van der Waals surface area contributed by atoms with Crippen molar-refractivity contribution in [3.8, 4) is 11.4 Å². The van der Waals surface area contributed by atoms with E-state index in [-0.39, 0.29) is 0 Å². The number of pyridine rings is 1. The molecule has 0 spiro atoms. The van der Waals surface area contributed by atoms with E-state index in [2.05, 4.69) is 25.8 Å². The summed E-state index contributed by atoms with van der Waals surface area (Å²) in [6, 6.07) is 4.08. The maximum absolute atomic E-state index is 11.7. The van der Waals surface area contributed by atoms with Crippen LogP contribution in [0.25, 0.3) is 32.8 Å². The first kappa shape index (κ1) is 22.0. The number of thiazole rings is 1. The number of piperazine rings is 1. The molecule has 2 aliphatic rings. The lowest BCUT2D eigenvalue weighted by molar-refractivity contribution is 0.122. The van der Waals surface area contributed by atoms with Crippen molar-refractivity contribution in [2.24, 2.45) is 0 Å². The first-order chi connectivity index (χ1) is 16.6. The molecular weight excluding hydrogens is 472 g/mol. The Balaban J connectivity index is 1.35. The van der Waals surface area contributed by atoms with Crippen LogP contribution in [0.3, 0.4) is 0 Å². The highest BCUT2D eigenvalue weighted by molar-refractivity contribution is 7.81. The van der Waals surface area contributed by atoms with E-state index in [0.29, 0.717) is 19.0 Å². The molecule has 0 aliphatic carbocycles. The van der Waals surface area contributed by atoms with Crippen LogP contribution in [0.2, 0.25) is 0 Å². The molecule has 2 saturated heterocycles. The predicted molar refractivity (Wildman–Crippen MR) is 134 cm³/mol. The van der Waals surface area contributed by atoms with Crippen LogP contribution in [0.5, 0.6) is 0 Å². The zero-order chi connectivity index (χ0) is 23.1. The van der Waals surface area contributed by atoms with Crippen molar-refractivity contribution < 1.29 is 8.95 Å². The van der Waals surface area contributed by atoms with Gasteiger partial charge >= 0.3 is 0 Å². The fourth-order valence-corrected chi connectivity index (χ4v) is 6.09. The van der Waals surface area contributed by atoms with Crippen LogP contribution in [-0.2, 0) is 22.3 Å². The van der Waals surface area contributed by atoms with E-state index < -0.39 is 11.0 Å². The summed E-state index contributed by atoms with van der Waals surface area (Å²) in [6.45, 7) is 7.07. The van der Waals surface area contributed by atoms with Gasteiger partial charge in [0.15, 0.2) is 11.6 Å². The molecule has 6 rings (SSSR count). The first-order valence-corrected chi connectivity index (χ1v) is 13.7. The van der Waals surface area contributed by atoms with Crippen molar-refractivity contribution in [2.45, 2.75) is 6.54 Å². The second kappa shape index (κ2) is 9.27. The Morgan fingerprint density at radius 3 is 2.74 bits per heavy atom. The lowest BCUT2D eigenvalue weighted by Gasteiger charge is -2.32. The number of hydrogen-bond donors (Lipinski definition) is 1. The summed E-state index contributed by atoms with van der Waals surface area (Å²) < 4.78 is 19.3. The molecule has 1 unspecified atom stereocenters. The van der Waals surface area contributed by atoms with Gasteiger partial charge in [0.25, 0.3) is 0 Å². The van der Waals surface area contributed by atoms with E-state index in [0.717, 1.165) is 83.6 Å². The predicted octanol–water partition coefficient (Wildman–Crippen LogP) is 1.88. The largest absolute Gasteiger partial charge is 0.378 e. The quantitative estimate of drug-likeness (QED) is 0.445. The summed E-state index contributed by atoms with van der Waals surface area (Å²) in [7, 11) is -0.907. The Labute approximate surface area is 203 Å². The molecule has 4 aromatic rings. The third-order valence-corrected chi connectivity index (χ3v) is 8.33. The van der Waals surface area contributed by atoms with Crippen LogP contribution >= 0.6 is 11.3 Å². The topological polar surface area (TPSA) is 103 Å². The summed E-state index contributed by atoms with van der Waals surface area (Å²) in [6.07, 6.45) is 5.45. The molecule has 178 valence electrons. The molecule has 2 aliphatic heterocycles. The molecule has 4 aromatic heterocycles. The molecule has 1 N–H and O–H groups in total. The zero-order valence-corrected chi connectivity index (χ0v) is 20.6. The lowest BCUT2D eigenvalue weighted by atomic mass is 10.2. The van der Waals surface area contributed by atoms with Crippen LogP contribution in [-0.4, -0.2) is 97.1 Å². The molecule has 0 saturated carbocycles. The van der Waals surface area contributed by atoms with Crippen molar-refractivity contribution in [2.75, 3.05) is 63.6 Å². The van der Waals surface area contributed by atoms with Crippen LogP contribution in [0.1, 0.15) is 5.01 Å². The highest BCUT2D eigenvalue weighted by Gasteiger charge is 2.24. The van der Waals surface area contributed by atoms with E-state index >= 15 is 0 Å². The molecule has 0 bridgehead atoms. The van der Waals surface area contributed by atoms with Gasteiger partial charge in [0, 0.05) is 68.9 Å². The van der Waals surface area contributed by atoms with Crippen molar-refractivity contribution in [1.82, 2.24) is 34.1 Å². The fraction of sp³-hybridized carbons (Fsp3) is 0.455. The van der Waals surface area contributed by atoms with Crippen molar-refractivity contribution in [3.63, 3.8) is 0 Å². The second-order valence-electron chi connectivity index (χ2n) is 8.50. The van der Waals surface area contributed by atoms with E-state index in [4.69, 9.17) is 19.7 Å². The van der Waals surface area contributed by atoms with Crippen molar-refractivity contribution >= 4 is 49.5 Å². The number of hydrogen-bond acceptors (Lipinski definition) is 9. The lowest BCUT2D eigenvalue weighted by Crippen LogP contribution is -2.46. The Morgan fingerprint density at radius 2 is 1.94 bits per heavy atom. The van der Waals surface area contributed by atoms with Gasteiger partial charge in [-0.15, -0.1) is 0 Å². The smallest absolute Gasteiger partial charge is 0.164 e. The van der Waals surface area contributed by atoms with E-state index in [9.17, 15) is 4.21 Å². The molecule has 34 heavy (non-hydrogen) atoms. The van der Waals surface area contributed by atoms with Crippen molar-refractivity contribution in [3.05, 3.63) is 29.5 Å². The van der Waals surface area contributed by atoms with Crippen molar-refractivity contribution in [1.29, 1.82) is 0 Å². The summed E-state index contributed by atoms with van der Waals surface area (Å²) in [5, 5.41) is 2.06. The highest BCUT2D eigenvalue weighted by Crippen LogP contribution is 2.32. The zero-order valence-electron chi connectivity index (χ0n) is 18.9. The molecule has 6 heterocycles. The van der Waals surface area contributed by atoms with Gasteiger partial charge in [-0.1, -0.05) is 11.3 Å². The molecule has 12 heteroatoms. The third-order valence-electron chi connectivity index (χ3n) is 6.31. The third kappa shape index (κ3) is 4.31. The summed E-state index contributed by atoms with van der Waals surface area (Å²) in [5.74, 6) is 1.53. The highest BCUT2D eigenvalue weighted by atomic mass is 32.2. The molecule has 0 amide bonds. The SMILES string of the molecule is CS(=O)N1CCN(Cc2nc3c(N4CCOCC4)nc(-c4cnc5[nH]ccc5c4)nc3s2)CC1. The standard InChI is InChI=1S/C22H26N8O2S2/c1-34(31)30-6-4-28(5-7-30)14-17-25-18-21(29-8-10-32-11-9-29)26-20(27-22(18)33-17)16-12-15-2-3-23-19(15)24-13-16/h2-3,12-13H,4-11,14H2,1H3,(H,23,24). The summed E-state index contributed by atoms with van der Waals surface area (Å²) in [4.78, 5) is 28.0. The van der Waals surface area contributed by atoms with E-state index in [1.54, 1.807) is 17.6 Å².